The molecular formula is C19H30N2O2. The zero-order chi connectivity index (χ0) is 16.7. The van der Waals surface area contributed by atoms with Gasteiger partial charge in [0.1, 0.15) is 5.75 Å². The highest BCUT2D eigenvalue weighted by Crippen LogP contribution is 2.23. The molecule has 0 aliphatic heterocycles. The Morgan fingerprint density at radius 2 is 1.87 bits per heavy atom. The smallest absolute Gasteiger partial charge is 0.315 e. The molecule has 0 saturated heterocycles. The van der Waals surface area contributed by atoms with Gasteiger partial charge in [0, 0.05) is 12.6 Å². The summed E-state index contributed by atoms with van der Waals surface area (Å²) in [5, 5.41) is 0. The van der Waals surface area contributed by atoms with Gasteiger partial charge in [0.15, 0.2) is 0 Å². The minimum absolute atomic E-state index is 0.293. The molecule has 4 nitrogen and oxygen atoms in total. The third-order valence-electron chi connectivity index (χ3n) is 4.66. The lowest BCUT2D eigenvalue weighted by Crippen LogP contribution is -2.45. The summed E-state index contributed by atoms with van der Waals surface area (Å²) >= 11 is 0. The number of hydrogen-bond acceptors (Lipinski definition) is 2. The number of carbonyl (C=O) groups is 1. The van der Waals surface area contributed by atoms with Crippen molar-refractivity contribution in [3.8, 4) is 5.75 Å². The highest BCUT2D eigenvalue weighted by molar-refractivity contribution is 5.72. The Morgan fingerprint density at radius 1 is 1.22 bits per heavy atom. The fourth-order valence-corrected chi connectivity index (χ4v) is 3.24. The molecule has 1 fully saturated rings. The molecule has 0 aromatic heterocycles. The Labute approximate surface area is 140 Å². The topological polar surface area (TPSA) is 55.6 Å². The van der Waals surface area contributed by atoms with E-state index in [1.807, 2.05) is 17.0 Å². The van der Waals surface area contributed by atoms with Gasteiger partial charge >= 0.3 is 6.03 Å². The van der Waals surface area contributed by atoms with E-state index in [2.05, 4.69) is 26.0 Å². The van der Waals surface area contributed by atoms with Gasteiger partial charge in [-0.2, -0.15) is 0 Å². The van der Waals surface area contributed by atoms with Crippen molar-refractivity contribution in [2.45, 2.75) is 64.3 Å². The van der Waals surface area contributed by atoms with Crippen molar-refractivity contribution in [3.05, 3.63) is 29.8 Å². The minimum Gasteiger partial charge on any atom is -0.494 e. The predicted molar refractivity (Wildman–Crippen MR) is 93.8 cm³/mol. The maximum Gasteiger partial charge on any atom is 0.315 e. The van der Waals surface area contributed by atoms with Crippen LogP contribution in [-0.4, -0.2) is 30.1 Å². The Hall–Kier alpha value is -1.71. The van der Waals surface area contributed by atoms with Crippen LogP contribution in [0.15, 0.2) is 24.3 Å². The number of ether oxygens (including phenoxy) is 1. The van der Waals surface area contributed by atoms with Crippen LogP contribution < -0.4 is 10.5 Å². The lowest BCUT2D eigenvalue weighted by atomic mass is 9.94. The molecule has 1 aliphatic carbocycles. The minimum atomic E-state index is -0.293. The first-order valence-corrected chi connectivity index (χ1v) is 8.86. The molecule has 128 valence electrons. The quantitative estimate of drug-likeness (QED) is 0.762. The van der Waals surface area contributed by atoms with Crippen molar-refractivity contribution in [1.82, 2.24) is 4.90 Å². The Balaban J connectivity index is 1.75. The van der Waals surface area contributed by atoms with Crippen molar-refractivity contribution in [2.24, 2.45) is 5.73 Å². The summed E-state index contributed by atoms with van der Waals surface area (Å²) in [5.41, 5.74) is 6.87. The molecular weight excluding hydrogens is 288 g/mol. The molecule has 4 heteroatoms. The van der Waals surface area contributed by atoms with Gasteiger partial charge in [-0.05, 0) is 42.9 Å². The molecule has 1 aliphatic rings. The van der Waals surface area contributed by atoms with Crippen LogP contribution in [0.4, 0.5) is 4.79 Å². The van der Waals surface area contributed by atoms with E-state index in [9.17, 15) is 4.79 Å². The van der Waals surface area contributed by atoms with Crippen LogP contribution in [0.3, 0.4) is 0 Å². The molecule has 2 N–H and O–H groups in total. The SMILES string of the molecule is CC(C)c1ccc(OCCCN(C(N)=O)C2CCCCC2)cc1. The van der Waals surface area contributed by atoms with Crippen molar-refractivity contribution in [3.63, 3.8) is 0 Å². The normalized spacial score (nSPS) is 15.6. The van der Waals surface area contributed by atoms with Crippen LogP contribution in [0.25, 0.3) is 0 Å². The summed E-state index contributed by atoms with van der Waals surface area (Å²) < 4.78 is 5.78. The summed E-state index contributed by atoms with van der Waals surface area (Å²) in [4.78, 5) is 13.5. The average molecular weight is 318 g/mol. The number of urea groups is 1. The maximum atomic E-state index is 11.7. The van der Waals surface area contributed by atoms with Crippen LogP contribution in [0.1, 0.15) is 63.9 Å². The highest BCUT2D eigenvalue weighted by Gasteiger charge is 2.23. The van der Waals surface area contributed by atoms with E-state index in [4.69, 9.17) is 10.5 Å². The molecule has 23 heavy (non-hydrogen) atoms. The van der Waals surface area contributed by atoms with E-state index in [1.54, 1.807) is 0 Å². The van der Waals surface area contributed by atoms with Gasteiger partial charge in [-0.25, -0.2) is 4.79 Å². The molecule has 2 rings (SSSR count). The largest absolute Gasteiger partial charge is 0.494 e. The zero-order valence-corrected chi connectivity index (χ0v) is 14.5. The molecule has 0 radical (unpaired) electrons. The van der Waals surface area contributed by atoms with E-state index in [0.29, 0.717) is 25.1 Å². The van der Waals surface area contributed by atoms with Gasteiger partial charge in [-0.3, -0.25) is 0 Å². The van der Waals surface area contributed by atoms with Crippen LogP contribution in [0.5, 0.6) is 5.75 Å². The number of amides is 2. The molecule has 1 aromatic carbocycles. The Morgan fingerprint density at radius 3 is 2.43 bits per heavy atom. The standard InChI is InChI=1S/C19H30N2O2/c1-15(2)16-9-11-18(12-10-16)23-14-6-13-21(19(20)22)17-7-4-3-5-8-17/h9-12,15,17H,3-8,13-14H2,1-2H3,(H2,20,22). The van der Waals surface area contributed by atoms with Gasteiger partial charge in [0.05, 0.1) is 6.61 Å². The molecule has 0 unspecified atom stereocenters. The van der Waals surface area contributed by atoms with Crippen molar-refractivity contribution >= 4 is 6.03 Å². The third-order valence-corrected chi connectivity index (χ3v) is 4.66. The number of carbonyl (C=O) groups excluding carboxylic acids is 1. The molecule has 0 bridgehead atoms. The number of rotatable bonds is 7. The summed E-state index contributed by atoms with van der Waals surface area (Å²) in [7, 11) is 0. The fourth-order valence-electron chi connectivity index (χ4n) is 3.24. The van der Waals surface area contributed by atoms with Crippen LogP contribution in [-0.2, 0) is 0 Å². The van der Waals surface area contributed by atoms with Gasteiger partial charge in [0.25, 0.3) is 0 Å². The first-order valence-electron chi connectivity index (χ1n) is 8.86. The van der Waals surface area contributed by atoms with E-state index in [1.165, 1.54) is 24.8 Å². The molecule has 0 spiro atoms. The summed E-state index contributed by atoms with van der Waals surface area (Å²) in [6.45, 7) is 5.65. The number of hydrogen-bond donors (Lipinski definition) is 1. The number of nitrogens with zero attached hydrogens (tertiary/aromatic N) is 1. The maximum absolute atomic E-state index is 11.7. The number of benzene rings is 1. The molecule has 0 heterocycles. The van der Waals surface area contributed by atoms with Gasteiger partial charge < -0.3 is 15.4 Å². The summed E-state index contributed by atoms with van der Waals surface area (Å²) in [6.07, 6.45) is 6.66. The van der Waals surface area contributed by atoms with Crippen LogP contribution in [0, 0.1) is 0 Å². The first-order chi connectivity index (χ1) is 11.1. The number of nitrogens with two attached hydrogens (primary N) is 1. The lowest BCUT2D eigenvalue weighted by Gasteiger charge is -2.33. The van der Waals surface area contributed by atoms with E-state index >= 15 is 0 Å². The Kier molecular flexibility index (Phi) is 6.75. The molecule has 2 amide bonds. The van der Waals surface area contributed by atoms with E-state index in [-0.39, 0.29) is 6.03 Å². The van der Waals surface area contributed by atoms with Gasteiger partial charge in [-0.1, -0.05) is 45.2 Å². The molecule has 0 atom stereocenters. The number of primary amides is 1. The van der Waals surface area contributed by atoms with Crippen molar-refractivity contribution in [1.29, 1.82) is 0 Å². The van der Waals surface area contributed by atoms with E-state index in [0.717, 1.165) is 25.0 Å². The van der Waals surface area contributed by atoms with E-state index < -0.39 is 0 Å². The average Bonchev–Trinajstić information content (AvgIpc) is 2.55. The lowest BCUT2D eigenvalue weighted by molar-refractivity contribution is 0.156. The molecule has 1 aromatic rings. The second-order valence-electron chi connectivity index (χ2n) is 6.75. The Bertz CT molecular complexity index is 479. The molecule has 1 saturated carbocycles. The zero-order valence-electron chi connectivity index (χ0n) is 14.5. The highest BCUT2D eigenvalue weighted by atomic mass is 16.5. The predicted octanol–water partition coefficient (Wildman–Crippen LogP) is 4.29. The third kappa shape index (κ3) is 5.45. The van der Waals surface area contributed by atoms with Crippen molar-refractivity contribution in [2.75, 3.05) is 13.2 Å². The second kappa shape index (κ2) is 8.80. The first kappa shape index (κ1) is 17.6. The summed E-state index contributed by atoms with van der Waals surface area (Å²) in [5.74, 6) is 1.42. The summed E-state index contributed by atoms with van der Waals surface area (Å²) in [6, 6.07) is 8.28. The van der Waals surface area contributed by atoms with Crippen molar-refractivity contribution < 1.29 is 9.53 Å². The van der Waals surface area contributed by atoms with Gasteiger partial charge in [0.2, 0.25) is 0 Å². The monoisotopic (exact) mass is 318 g/mol. The van der Waals surface area contributed by atoms with Crippen LogP contribution in [0.2, 0.25) is 0 Å². The van der Waals surface area contributed by atoms with Gasteiger partial charge in [-0.15, -0.1) is 0 Å². The second-order valence-corrected chi connectivity index (χ2v) is 6.75. The fraction of sp³-hybridized carbons (Fsp3) is 0.632. The van der Waals surface area contributed by atoms with Crippen LogP contribution >= 0.6 is 0 Å².